The topological polar surface area (TPSA) is 52.3 Å². The average molecular weight is 365 g/mol. The number of hydrogen-bond acceptors (Lipinski definition) is 4. The molecule has 0 heterocycles. The van der Waals surface area contributed by atoms with Gasteiger partial charge in [0, 0.05) is 14.2 Å². The average Bonchev–Trinajstić information content (AvgIpc) is 2.13. The summed E-state index contributed by atoms with van der Waals surface area (Å²) in [6.45, 7) is 5.57. The van der Waals surface area contributed by atoms with Crippen LogP contribution in [0.15, 0.2) is 23.1 Å². The molecule has 0 aromatic heterocycles. The molecular formula is C12H16INO2S. The Labute approximate surface area is 120 Å². The molecule has 1 aromatic carbocycles. The monoisotopic (exact) mass is 365 g/mol. The predicted octanol–water partition coefficient (Wildman–Crippen LogP) is 3.31. The lowest BCUT2D eigenvalue weighted by Crippen LogP contribution is -2.24. The van der Waals surface area contributed by atoms with E-state index in [2.05, 4.69) is 22.6 Å². The maximum absolute atomic E-state index is 11.5. The van der Waals surface area contributed by atoms with Gasteiger partial charge >= 0.3 is 5.97 Å². The van der Waals surface area contributed by atoms with Crippen LogP contribution >= 0.6 is 34.4 Å². The molecule has 0 fully saturated rings. The fourth-order valence-corrected chi connectivity index (χ4v) is 2.40. The number of halogens is 1. The molecule has 1 aromatic rings. The quantitative estimate of drug-likeness (QED) is 0.387. The summed E-state index contributed by atoms with van der Waals surface area (Å²) in [5, 5.41) is 0. The molecule has 17 heavy (non-hydrogen) atoms. The summed E-state index contributed by atoms with van der Waals surface area (Å²) in [4.78, 5) is 12.4. The Hall–Kier alpha value is -0.430. The first-order valence-corrected chi connectivity index (χ1v) is 7.24. The molecule has 0 aliphatic carbocycles. The van der Waals surface area contributed by atoms with Gasteiger partial charge in [-0.15, -0.1) is 11.8 Å². The van der Waals surface area contributed by atoms with E-state index >= 15 is 0 Å². The van der Waals surface area contributed by atoms with Crippen molar-refractivity contribution >= 4 is 46.0 Å². The first-order valence-electron chi connectivity index (χ1n) is 5.17. The SMILES string of the molecule is CC(C)(C)OC(=O)CSc1ccc(I)cc1N. The number of anilines is 1. The first-order chi connectivity index (χ1) is 7.78. The summed E-state index contributed by atoms with van der Waals surface area (Å²) in [5.41, 5.74) is 6.12. The molecule has 0 aliphatic heterocycles. The van der Waals surface area contributed by atoms with Crippen LogP contribution in [-0.2, 0) is 9.53 Å². The maximum atomic E-state index is 11.5. The Kier molecular flexibility index (Phi) is 5.12. The number of thioether (sulfide) groups is 1. The molecule has 0 spiro atoms. The highest BCUT2D eigenvalue weighted by Crippen LogP contribution is 2.26. The number of carbonyl (C=O) groups is 1. The van der Waals surface area contributed by atoms with Crippen molar-refractivity contribution in [2.75, 3.05) is 11.5 Å². The van der Waals surface area contributed by atoms with Gasteiger partial charge in [0.2, 0.25) is 0 Å². The molecule has 0 bridgehead atoms. The van der Waals surface area contributed by atoms with Crippen molar-refractivity contribution < 1.29 is 9.53 Å². The summed E-state index contributed by atoms with van der Waals surface area (Å²) in [7, 11) is 0. The number of benzene rings is 1. The summed E-state index contributed by atoms with van der Waals surface area (Å²) in [6.07, 6.45) is 0. The molecule has 0 saturated heterocycles. The zero-order chi connectivity index (χ0) is 13.1. The molecule has 0 radical (unpaired) electrons. The van der Waals surface area contributed by atoms with E-state index in [9.17, 15) is 4.79 Å². The van der Waals surface area contributed by atoms with Crippen LogP contribution in [0.25, 0.3) is 0 Å². The second-order valence-electron chi connectivity index (χ2n) is 4.56. The van der Waals surface area contributed by atoms with Crippen LogP contribution in [0.4, 0.5) is 5.69 Å². The number of ether oxygens (including phenoxy) is 1. The number of nitrogens with two attached hydrogens (primary N) is 1. The van der Waals surface area contributed by atoms with Gasteiger partial charge in [-0.25, -0.2) is 0 Å². The van der Waals surface area contributed by atoms with E-state index < -0.39 is 5.60 Å². The van der Waals surface area contributed by atoms with Crippen molar-refractivity contribution in [3.63, 3.8) is 0 Å². The fraction of sp³-hybridized carbons (Fsp3) is 0.417. The van der Waals surface area contributed by atoms with E-state index in [0.717, 1.165) is 8.47 Å². The Morgan fingerprint density at radius 1 is 1.47 bits per heavy atom. The minimum absolute atomic E-state index is 0.222. The lowest BCUT2D eigenvalue weighted by atomic mass is 10.2. The lowest BCUT2D eigenvalue weighted by Gasteiger charge is -2.19. The van der Waals surface area contributed by atoms with Gasteiger partial charge in [-0.2, -0.15) is 0 Å². The normalized spacial score (nSPS) is 11.3. The first kappa shape index (κ1) is 14.6. The van der Waals surface area contributed by atoms with Crippen LogP contribution in [0, 0.1) is 3.57 Å². The number of esters is 1. The van der Waals surface area contributed by atoms with Crippen molar-refractivity contribution in [2.24, 2.45) is 0 Å². The summed E-state index contributed by atoms with van der Waals surface area (Å²) >= 11 is 3.60. The van der Waals surface area contributed by atoms with Crippen molar-refractivity contribution in [2.45, 2.75) is 31.3 Å². The minimum atomic E-state index is -0.435. The third-order valence-corrected chi connectivity index (χ3v) is 3.47. The zero-order valence-electron chi connectivity index (χ0n) is 10.1. The molecule has 0 atom stereocenters. The molecule has 0 saturated carbocycles. The van der Waals surface area contributed by atoms with Gasteiger partial charge in [0.25, 0.3) is 0 Å². The van der Waals surface area contributed by atoms with E-state index in [1.807, 2.05) is 39.0 Å². The largest absolute Gasteiger partial charge is 0.459 e. The number of carbonyl (C=O) groups excluding carboxylic acids is 1. The lowest BCUT2D eigenvalue weighted by molar-refractivity contribution is -0.151. The van der Waals surface area contributed by atoms with Gasteiger partial charge in [-0.1, -0.05) is 0 Å². The Bertz CT molecular complexity index is 415. The van der Waals surface area contributed by atoms with Gasteiger partial charge in [-0.3, -0.25) is 4.79 Å². The summed E-state index contributed by atoms with van der Waals surface area (Å²) < 4.78 is 6.31. The standard InChI is InChI=1S/C12H16INO2S/c1-12(2,3)16-11(15)7-17-10-5-4-8(13)6-9(10)14/h4-6H,7,14H2,1-3H3. The number of nitrogen functional groups attached to an aromatic ring is 1. The molecule has 1 rings (SSSR count). The van der Waals surface area contributed by atoms with E-state index in [0.29, 0.717) is 5.69 Å². The van der Waals surface area contributed by atoms with Crippen molar-refractivity contribution in [3.8, 4) is 0 Å². The second kappa shape index (κ2) is 5.95. The van der Waals surface area contributed by atoms with E-state index in [1.54, 1.807) is 0 Å². The van der Waals surface area contributed by atoms with Gasteiger partial charge in [0.05, 0.1) is 5.75 Å². The molecule has 3 nitrogen and oxygen atoms in total. The van der Waals surface area contributed by atoms with Crippen LogP contribution in [0.2, 0.25) is 0 Å². The van der Waals surface area contributed by atoms with E-state index in [4.69, 9.17) is 10.5 Å². The molecule has 0 aliphatic rings. The second-order valence-corrected chi connectivity index (χ2v) is 6.82. The smallest absolute Gasteiger partial charge is 0.316 e. The molecule has 2 N–H and O–H groups in total. The van der Waals surface area contributed by atoms with Crippen molar-refractivity contribution in [3.05, 3.63) is 21.8 Å². The van der Waals surface area contributed by atoms with Crippen molar-refractivity contribution in [1.29, 1.82) is 0 Å². The fourth-order valence-electron chi connectivity index (χ4n) is 1.16. The molecular weight excluding hydrogens is 349 g/mol. The molecule has 94 valence electrons. The van der Waals surface area contributed by atoms with Crippen LogP contribution in [0.3, 0.4) is 0 Å². The van der Waals surface area contributed by atoms with Crippen LogP contribution in [0.1, 0.15) is 20.8 Å². The maximum Gasteiger partial charge on any atom is 0.316 e. The molecule has 5 heteroatoms. The Morgan fingerprint density at radius 3 is 2.65 bits per heavy atom. The van der Waals surface area contributed by atoms with Crippen LogP contribution in [0.5, 0.6) is 0 Å². The highest BCUT2D eigenvalue weighted by atomic mass is 127. The summed E-state index contributed by atoms with van der Waals surface area (Å²) in [5.74, 6) is 0.0580. The highest BCUT2D eigenvalue weighted by Gasteiger charge is 2.16. The summed E-state index contributed by atoms with van der Waals surface area (Å²) in [6, 6.07) is 5.78. The van der Waals surface area contributed by atoms with Crippen molar-refractivity contribution in [1.82, 2.24) is 0 Å². The van der Waals surface area contributed by atoms with E-state index in [1.165, 1.54) is 11.8 Å². The molecule has 0 unspecified atom stereocenters. The zero-order valence-corrected chi connectivity index (χ0v) is 13.1. The van der Waals surface area contributed by atoms with Gasteiger partial charge in [0.15, 0.2) is 0 Å². The third kappa shape index (κ3) is 5.63. The third-order valence-electron chi connectivity index (χ3n) is 1.74. The van der Waals surface area contributed by atoms with E-state index in [-0.39, 0.29) is 11.7 Å². The van der Waals surface area contributed by atoms with Gasteiger partial charge in [0.1, 0.15) is 5.60 Å². The number of rotatable bonds is 3. The van der Waals surface area contributed by atoms with Crippen LogP contribution < -0.4 is 5.73 Å². The number of hydrogen-bond donors (Lipinski definition) is 1. The van der Waals surface area contributed by atoms with Gasteiger partial charge in [-0.05, 0) is 61.6 Å². The van der Waals surface area contributed by atoms with Crippen LogP contribution in [-0.4, -0.2) is 17.3 Å². The highest BCUT2D eigenvalue weighted by molar-refractivity contribution is 14.1. The Balaban J connectivity index is 2.53. The Morgan fingerprint density at radius 2 is 2.12 bits per heavy atom. The predicted molar refractivity (Wildman–Crippen MR) is 80.1 cm³/mol. The van der Waals surface area contributed by atoms with Gasteiger partial charge < -0.3 is 10.5 Å². The minimum Gasteiger partial charge on any atom is -0.459 e. The molecule has 0 amide bonds.